The molecule has 0 N–H and O–H groups in total. The Kier molecular flexibility index (Phi) is 4.37. The lowest BCUT2D eigenvalue weighted by atomic mass is 10.2. The maximum absolute atomic E-state index is 12.8. The average Bonchev–Trinajstić information content (AvgIpc) is 2.84. The van der Waals surface area contributed by atoms with E-state index in [9.17, 15) is 4.39 Å². The van der Waals surface area contributed by atoms with Crippen LogP contribution in [0.15, 0.2) is 40.1 Å². The normalized spacial score (nSPS) is 10.2. The fourth-order valence-electron chi connectivity index (χ4n) is 1.38. The molecule has 18 heavy (non-hydrogen) atoms. The molecular formula is C13H11FN2OS. The highest BCUT2D eigenvalue weighted by Crippen LogP contribution is 2.25. The molecule has 2 rings (SSSR count). The molecule has 0 radical (unpaired) electrons. The number of oxazole rings is 1. The number of aromatic nitrogens is 1. The van der Waals surface area contributed by atoms with E-state index in [0.717, 1.165) is 17.7 Å². The molecule has 0 atom stereocenters. The van der Waals surface area contributed by atoms with Gasteiger partial charge in [0.25, 0.3) is 5.22 Å². The van der Waals surface area contributed by atoms with E-state index in [1.807, 2.05) is 0 Å². The topological polar surface area (TPSA) is 49.8 Å². The van der Waals surface area contributed by atoms with Gasteiger partial charge in [0.1, 0.15) is 5.82 Å². The molecule has 0 unspecified atom stereocenters. The second kappa shape index (κ2) is 6.22. The lowest BCUT2D eigenvalue weighted by Gasteiger charge is -1.96. The third kappa shape index (κ3) is 3.34. The summed E-state index contributed by atoms with van der Waals surface area (Å²) < 4.78 is 18.3. The standard InChI is InChI=1S/C13H11FN2OS/c14-11-5-3-10(4-6-11)12-9-16-13(17-12)18-8-2-1-7-15/h3-6,9H,1-2,8H2. The second-order valence-corrected chi connectivity index (χ2v) is 4.65. The Bertz CT molecular complexity index is 545. The summed E-state index contributed by atoms with van der Waals surface area (Å²) in [4.78, 5) is 4.13. The summed E-state index contributed by atoms with van der Waals surface area (Å²) in [5.74, 6) is 1.15. The highest BCUT2D eigenvalue weighted by molar-refractivity contribution is 7.99. The van der Waals surface area contributed by atoms with Crippen molar-refractivity contribution < 1.29 is 8.81 Å². The van der Waals surface area contributed by atoms with Crippen molar-refractivity contribution in [3.63, 3.8) is 0 Å². The van der Waals surface area contributed by atoms with Crippen molar-refractivity contribution >= 4 is 11.8 Å². The van der Waals surface area contributed by atoms with Gasteiger partial charge in [0.2, 0.25) is 0 Å². The first-order chi connectivity index (χ1) is 8.79. The van der Waals surface area contributed by atoms with Crippen molar-refractivity contribution in [1.82, 2.24) is 4.98 Å². The number of thioether (sulfide) groups is 1. The summed E-state index contributed by atoms with van der Waals surface area (Å²) >= 11 is 1.48. The van der Waals surface area contributed by atoms with Gasteiger partial charge in [-0.05, 0) is 30.7 Å². The molecule has 1 aromatic heterocycles. The molecule has 0 bridgehead atoms. The maximum atomic E-state index is 12.8. The van der Waals surface area contributed by atoms with Gasteiger partial charge < -0.3 is 4.42 Å². The Morgan fingerprint density at radius 3 is 2.83 bits per heavy atom. The van der Waals surface area contributed by atoms with Crippen molar-refractivity contribution in [3.05, 3.63) is 36.3 Å². The second-order valence-electron chi connectivity index (χ2n) is 3.61. The quantitative estimate of drug-likeness (QED) is 0.606. The monoisotopic (exact) mass is 262 g/mol. The Balaban J connectivity index is 1.97. The van der Waals surface area contributed by atoms with Gasteiger partial charge in [-0.25, -0.2) is 9.37 Å². The Labute approximate surface area is 109 Å². The van der Waals surface area contributed by atoms with E-state index in [-0.39, 0.29) is 5.82 Å². The fourth-order valence-corrected chi connectivity index (χ4v) is 2.12. The van der Waals surface area contributed by atoms with Gasteiger partial charge in [-0.3, -0.25) is 0 Å². The third-order valence-electron chi connectivity index (χ3n) is 2.27. The zero-order valence-corrected chi connectivity index (χ0v) is 10.4. The minimum atomic E-state index is -0.274. The van der Waals surface area contributed by atoms with E-state index in [4.69, 9.17) is 9.68 Å². The fraction of sp³-hybridized carbons (Fsp3) is 0.231. The molecule has 0 amide bonds. The molecule has 0 aliphatic rings. The molecule has 1 heterocycles. The number of nitrogens with zero attached hydrogens (tertiary/aromatic N) is 2. The van der Waals surface area contributed by atoms with Crippen LogP contribution in [-0.2, 0) is 0 Å². The highest BCUT2D eigenvalue weighted by Gasteiger charge is 2.06. The Morgan fingerprint density at radius 1 is 1.33 bits per heavy atom. The molecule has 1 aromatic carbocycles. The first kappa shape index (κ1) is 12.7. The van der Waals surface area contributed by atoms with E-state index in [1.54, 1.807) is 18.3 Å². The molecule has 5 heteroatoms. The Morgan fingerprint density at radius 2 is 2.11 bits per heavy atom. The molecule has 92 valence electrons. The van der Waals surface area contributed by atoms with E-state index in [0.29, 0.717) is 17.4 Å². The molecule has 0 aliphatic heterocycles. The van der Waals surface area contributed by atoms with Crippen LogP contribution < -0.4 is 0 Å². The molecular weight excluding hydrogens is 251 g/mol. The summed E-state index contributed by atoms with van der Waals surface area (Å²) in [6.45, 7) is 0. The van der Waals surface area contributed by atoms with Crippen LogP contribution >= 0.6 is 11.8 Å². The van der Waals surface area contributed by atoms with Crippen LogP contribution in [0.4, 0.5) is 4.39 Å². The SMILES string of the molecule is N#CCCCSc1ncc(-c2ccc(F)cc2)o1. The van der Waals surface area contributed by atoms with Crippen molar-refractivity contribution in [2.75, 3.05) is 5.75 Å². The lowest BCUT2D eigenvalue weighted by Crippen LogP contribution is -1.78. The van der Waals surface area contributed by atoms with E-state index in [2.05, 4.69) is 11.1 Å². The number of hydrogen-bond acceptors (Lipinski definition) is 4. The molecule has 0 spiro atoms. The van der Waals surface area contributed by atoms with Gasteiger partial charge in [0, 0.05) is 17.7 Å². The summed E-state index contributed by atoms with van der Waals surface area (Å²) in [6.07, 6.45) is 2.98. The van der Waals surface area contributed by atoms with Crippen LogP contribution in [0.25, 0.3) is 11.3 Å². The first-order valence-electron chi connectivity index (χ1n) is 5.51. The summed E-state index contributed by atoms with van der Waals surface area (Å²) in [5, 5.41) is 8.99. The molecule has 2 aromatic rings. The van der Waals surface area contributed by atoms with Crippen LogP contribution in [-0.4, -0.2) is 10.7 Å². The third-order valence-corrected chi connectivity index (χ3v) is 3.20. The van der Waals surface area contributed by atoms with E-state index >= 15 is 0 Å². The number of hydrogen-bond donors (Lipinski definition) is 0. The van der Waals surface area contributed by atoms with Crippen molar-refractivity contribution in [2.24, 2.45) is 0 Å². The maximum Gasteiger partial charge on any atom is 0.256 e. The van der Waals surface area contributed by atoms with Gasteiger partial charge in [-0.15, -0.1) is 0 Å². The number of halogens is 1. The molecule has 3 nitrogen and oxygen atoms in total. The predicted octanol–water partition coefficient (Wildman–Crippen LogP) is 3.88. The largest absolute Gasteiger partial charge is 0.431 e. The van der Waals surface area contributed by atoms with E-state index < -0.39 is 0 Å². The minimum Gasteiger partial charge on any atom is -0.431 e. The minimum absolute atomic E-state index is 0.274. The van der Waals surface area contributed by atoms with Gasteiger partial charge in [-0.1, -0.05) is 11.8 Å². The number of benzene rings is 1. The first-order valence-corrected chi connectivity index (χ1v) is 6.49. The van der Waals surface area contributed by atoms with Crippen molar-refractivity contribution in [3.8, 4) is 17.4 Å². The molecule has 0 fully saturated rings. The smallest absolute Gasteiger partial charge is 0.256 e. The van der Waals surface area contributed by atoms with Gasteiger partial charge in [0.05, 0.1) is 12.3 Å². The van der Waals surface area contributed by atoms with Crippen LogP contribution in [0.3, 0.4) is 0 Å². The van der Waals surface area contributed by atoms with Crippen LogP contribution in [0.1, 0.15) is 12.8 Å². The zero-order chi connectivity index (χ0) is 12.8. The van der Waals surface area contributed by atoms with Gasteiger partial charge in [0.15, 0.2) is 5.76 Å². The number of unbranched alkanes of at least 4 members (excludes halogenated alkanes) is 1. The van der Waals surface area contributed by atoms with Crippen molar-refractivity contribution in [1.29, 1.82) is 5.26 Å². The van der Waals surface area contributed by atoms with Crippen molar-refractivity contribution in [2.45, 2.75) is 18.1 Å². The zero-order valence-electron chi connectivity index (χ0n) is 9.60. The summed E-state index contributed by atoms with van der Waals surface area (Å²) in [6, 6.07) is 8.17. The Hall–Kier alpha value is -1.80. The number of nitriles is 1. The molecule has 0 saturated heterocycles. The van der Waals surface area contributed by atoms with Crippen LogP contribution in [0.2, 0.25) is 0 Å². The van der Waals surface area contributed by atoms with E-state index in [1.165, 1.54) is 23.9 Å². The van der Waals surface area contributed by atoms with Gasteiger partial charge >= 0.3 is 0 Å². The van der Waals surface area contributed by atoms with Gasteiger partial charge in [-0.2, -0.15) is 5.26 Å². The summed E-state index contributed by atoms with van der Waals surface area (Å²) in [7, 11) is 0. The molecule has 0 aliphatic carbocycles. The lowest BCUT2D eigenvalue weighted by molar-refractivity contribution is 0.466. The number of rotatable bonds is 5. The molecule has 0 saturated carbocycles. The average molecular weight is 262 g/mol. The predicted molar refractivity (Wildman–Crippen MR) is 67.5 cm³/mol. The van der Waals surface area contributed by atoms with Crippen LogP contribution in [0, 0.1) is 17.1 Å². The highest BCUT2D eigenvalue weighted by atomic mass is 32.2. The summed E-state index contributed by atoms with van der Waals surface area (Å²) in [5.41, 5.74) is 0.799. The van der Waals surface area contributed by atoms with Crippen LogP contribution in [0.5, 0.6) is 0 Å².